The number of ether oxygens (including phenoxy) is 1. The Hall–Kier alpha value is -2.07. The van der Waals surface area contributed by atoms with Gasteiger partial charge in [-0.1, -0.05) is 23.7 Å². The van der Waals surface area contributed by atoms with Gasteiger partial charge in [0.1, 0.15) is 11.6 Å². The Morgan fingerprint density at radius 2 is 1.96 bits per heavy atom. The summed E-state index contributed by atoms with van der Waals surface area (Å²) in [5.74, 6) is -0.0173. The van der Waals surface area contributed by atoms with Crippen LogP contribution < -0.4 is 10.1 Å². The minimum Gasteiger partial charge on any atom is -0.476 e. The molecule has 0 aliphatic heterocycles. The summed E-state index contributed by atoms with van der Waals surface area (Å²) in [5, 5.41) is 3.57. The fourth-order valence-electron chi connectivity index (χ4n) is 2.24. The summed E-state index contributed by atoms with van der Waals surface area (Å²) in [5.41, 5.74) is 1.47. The molecule has 0 spiro atoms. The zero-order chi connectivity index (χ0) is 16.4. The van der Waals surface area contributed by atoms with E-state index in [-0.39, 0.29) is 17.8 Å². The molecule has 2 aromatic rings. The number of benzene rings is 2. The minimum atomic E-state index is -0.822. The Labute approximate surface area is 139 Å². The summed E-state index contributed by atoms with van der Waals surface area (Å²) in [6.07, 6.45) is 1.15. The highest BCUT2D eigenvalue weighted by Gasteiger charge is 2.29. The van der Waals surface area contributed by atoms with Crippen LogP contribution in [0, 0.1) is 12.7 Å². The first-order valence-electron chi connectivity index (χ1n) is 7.51. The van der Waals surface area contributed by atoms with Gasteiger partial charge < -0.3 is 10.1 Å². The molecule has 0 aromatic heterocycles. The second kappa shape index (κ2) is 6.59. The molecular formula is C18H17ClFNO2. The molecule has 3 nitrogen and oxygen atoms in total. The van der Waals surface area contributed by atoms with E-state index >= 15 is 0 Å². The molecule has 3 rings (SSSR count). The van der Waals surface area contributed by atoms with Crippen LogP contribution in [0.15, 0.2) is 42.5 Å². The number of nitrogens with one attached hydrogen (secondary N) is 1. The van der Waals surface area contributed by atoms with E-state index in [4.69, 9.17) is 16.3 Å². The first-order valence-corrected chi connectivity index (χ1v) is 7.89. The quantitative estimate of drug-likeness (QED) is 0.891. The zero-order valence-corrected chi connectivity index (χ0v) is 13.4. The molecule has 1 fully saturated rings. The highest BCUT2D eigenvalue weighted by molar-refractivity contribution is 6.31. The van der Waals surface area contributed by atoms with Crippen molar-refractivity contribution in [3.05, 3.63) is 64.4 Å². The van der Waals surface area contributed by atoms with Crippen molar-refractivity contribution in [1.29, 1.82) is 0 Å². The molecule has 0 heterocycles. The molecule has 1 amide bonds. The summed E-state index contributed by atoms with van der Waals surface area (Å²) in [4.78, 5) is 12.5. The average molecular weight is 334 g/mol. The van der Waals surface area contributed by atoms with Crippen LogP contribution in [0.25, 0.3) is 0 Å². The number of hydrogen-bond acceptors (Lipinski definition) is 2. The van der Waals surface area contributed by atoms with E-state index in [0.717, 1.165) is 18.4 Å². The molecule has 0 bridgehead atoms. The third-order valence-electron chi connectivity index (χ3n) is 3.72. The van der Waals surface area contributed by atoms with Crippen LogP contribution in [0.1, 0.15) is 30.1 Å². The second-order valence-electron chi connectivity index (χ2n) is 5.74. The lowest BCUT2D eigenvalue weighted by Crippen LogP contribution is -2.33. The van der Waals surface area contributed by atoms with Crippen LogP contribution in [0.3, 0.4) is 0 Å². The van der Waals surface area contributed by atoms with Gasteiger partial charge in [-0.2, -0.15) is 0 Å². The molecular weight excluding hydrogens is 317 g/mol. The van der Waals surface area contributed by atoms with Gasteiger partial charge in [-0.3, -0.25) is 4.79 Å². The van der Waals surface area contributed by atoms with Crippen molar-refractivity contribution in [3.63, 3.8) is 0 Å². The normalized spacial score (nSPS) is 15.1. The smallest absolute Gasteiger partial charge is 0.266 e. The Morgan fingerprint density at radius 3 is 2.57 bits per heavy atom. The molecule has 1 aliphatic carbocycles. The van der Waals surface area contributed by atoms with Crippen LogP contribution in [-0.4, -0.2) is 11.9 Å². The first kappa shape index (κ1) is 15.8. The number of halogens is 2. The van der Waals surface area contributed by atoms with Gasteiger partial charge in [0, 0.05) is 16.6 Å². The summed E-state index contributed by atoms with van der Waals surface area (Å²) in [6.45, 7) is 1.87. The number of carbonyl (C=O) groups excluding carboxylic acids is 1. The van der Waals surface area contributed by atoms with E-state index in [0.29, 0.717) is 16.3 Å². The number of amides is 1. The van der Waals surface area contributed by atoms with E-state index < -0.39 is 6.10 Å². The van der Waals surface area contributed by atoms with E-state index in [1.807, 2.05) is 6.92 Å². The maximum absolute atomic E-state index is 13.1. The Kier molecular flexibility index (Phi) is 4.53. The summed E-state index contributed by atoms with van der Waals surface area (Å²) < 4.78 is 19.0. The minimum absolute atomic E-state index is 0.216. The fraction of sp³-hybridized carbons (Fsp3) is 0.278. The monoisotopic (exact) mass is 333 g/mol. The SMILES string of the molecule is Cc1cc(O[C@@H](C(=O)NC2CC2)c2ccc(F)cc2)ccc1Cl. The van der Waals surface area contributed by atoms with Gasteiger partial charge in [0.15, 0.2) is 0 Å². The zero-order valence-electron chi connectivity index (χ0n) is 12.7. The molecule has 2 aromatic carbocycles. The molecule has 0 saturated heterocycles. The lowest BCUT2D eigenvalue weighted by Gasteiger charge is -2.19. The van der Waals surface area contributed by atoms with E-state index in [1.54, 1.807) is 30.3 Å². The Morgan fingerprint density at radius 1 is 1.26 bits per heavy atom. The summed E-state index contributed by atoms with van der Waals surface area (Å²) in [7, 11) is 0. The molecule has 120 valence electrons. The maximum Gasteiger partial charge on any atom is 0.266 e. The predicted molar refractivity (Wildman–Crippen MR) is 87.1 cm³/mol. The molecule has 1 saturated carbocycles. The van der Waals surface area contributed by atoms with Crippen molar-refractivity contribution in [2.75, 3.05) is 0 Å². The topological polar surface area (TPSA) is 38.3 Å². The van der Waals surface area contributed by atoms with Crippen molar-refractivity contribution in [1.82, 2.24) is 5.32 Å². The van der Waals surface area contributed by atoms with E-state index in [9.17, 15) is 9.18 Å². The Bertz CT molecular complexity index is 713. The van der Waals surface area contributed by atoms with Gasteiger partial charge in [0.05, 0.1) is 0 Å². The third kappa shape index (κ3) is 4.02. The largest absolute Gasteiger partial charge is 0.476 e. The number of aryl methyl sites for hydroxylation is 1. The molecule has 5 heteroatoms. The molecule has 1 N–H and O–H groups in total. The van der Waals surface area contributed by atoms with Gasteiger partial charge in [0.2, 0.25) is 6.10 Å². The molecule has 23 heavy (non-hydrogen) atoms. The second-order valence-corrected chi connectivity index (χ2v) is 6.15. The first-order chi connectivity index (χ1) is 11.0. The van der Waals surface area contributed by atoms with Crippen LogP contribution in [0.5, 0.6) is 5.75 Å². The van der Waals surface area contributed by atoms with Crippen LogP contribution in [0.2, 0.25) is 5.02 Å². The van der Waals surface area contributed by atoms with Crippen LogP contribution >= 0.6 is 11.6 Å². The summed E-state index contributed by atoms with van der Waals surface area (Å²) in [6, 6.07) is 11.2. The van der Waals surface area contributed by atoms with Crippen molar-refractivity contribution in [3.8, 4) is 5.75 Å². The molecule has 0 radical (unpaired) electrons. The number of carbonyl (C=O) groups is 1. The Balaban J connectivity index is 1.85. The van der Waals surface area contributed by atoms with Crippen molar-refractivity contribution < 1.29 is 13.9 Å². The maximum atomic E-state index is 13.1. The molecule has 0 unspecified atom stereocenters. The van der Waals surface area contributed by atoms with Crippen LogP contribution in [-0.2, 0) is 4.79 Å². The lowest BCUT2D eigenvalue weighted by atomic mass is 10.1. The van der Waals surface area contributed by atoms with Crippen molar-refractivity contribution >= 4 is 17.5 Å². The van der Waals surface area contributed by atoms with Gasteiger partial charge >= 0.3 is 0 Å². The number of hydrogen-bond donors (Lipinski definition) is 1. The van der Waals surface area contributed by atoms with Gasteiger partial charge in [-0.15, -0.1) is 0 Å². The van der Waals surface area contributed by atoms with Crippen LogP contribution in [0.4, 0.5) is 4.39 Å². The van der Waals surface area contributed by atoms with Crippen molar-refractivity contribution in [2.45, 2.75) is 31.9 Å². The molecule has 1 aliphatic rings. The van der Waals surface area contributed by atoms with Crippen molar-refractivity contribution in [2.24, 2.45) is 0 Å². The van der Waals surface area contributed by atoms with E-state index in [2.05, 4.69) is 5.32 Å². The fourth-order valence-corrected chi connectivity index (χ4v) is 2.36. The van der Waals surface area contributed by atoms with Gasteiger partial charge in [-0.25, -0.2) is 4.39 Å². The standard InChI is InChI=1S/C18H17ClFNO2/c1-11-10-15(8-9-16(11)19)23-17(18(22)21-14-6-7-14)12-2-4-13(20)5-3-12/h2-5,8-10,14,17H,6-7H2,1H3,(H,21,22)/t17-/m1/s1. The van der Waals surface area contributed by atoms with Gasteiger partial charge in [-0.05, 0) is 55.7 Å². The average Bonchev–Trinajstić information content (AvgIpc) is 3.33. The predicted octanol–water partition coefficient (Wildman–Crippen LogP) is 4.19. The lowest BCUT2D eigenvalue weighted by molar-refractivity contribution is -0.128. The highest BCUT2D eigenvalue weighted by Crippen LogP contribution is 2.28. The molecule has 1 atom stereocenters. The summed E-state index contributed by atoms with van der Waals surface area (Å²) >= 11 is 6.01. The highest BCUT2D eigenvalue weighted by atomic mass is 35.5. The van der Waals surface area contributed by atoms with E-state index in [1.165, 1.54) is 12.1 Å². The third-order valence-corrected chi connectivity index (χ3v) is 4.14. The number of rotatable bonds is 5. The van der Waals surface area contributed by atoms with Gasteiger partial charge in [0.25, 0.3) is 5.91 Å².